The van der Waals surface area contributed by atoms with Crippen molar-refractivity contribution >= 4 is 5.57 Å². The Morgan fingerprint density at radius 2 is 1.70 bits per heavy atom. The van der Waals surface area contributed by atoms with E-state index < -0.39 is 0 Å². The Kier molecular flexibility index (Phi) is 16.9. The minimum Gasteiger partial charge on any atom is -1.00 e. The van der Waals surface area contributed by atoms with Crippen molar-refractivity contribution in [3.05, 3.63) is 89.5 Å². The van der Waals surface area contributed by atoms with Gasteiger partial charge in [-0.1, -0.05) is 48.1 Å². The molecular weight excluding hydrogens is 417 g/mol. The third kappa shape index (κ3) is 10.3. The Bertz CT molecular complexity index is 677. The number of nitrogens with zero attached hydrogens (tertiary/aromatic N) is 1. The van der Waals surface area contributed by atoms with Crippen LogP contribution in [0.2, 0.25) is 0 Å². The van der Waals surface area contributed by atoms with E-state index >= 15 is 0 Å². The first kappa shape index (κ1) is 28.3. The van der Waals surface area contributed by atoms with Gasteiger partial charge >= 0.3 is 21.7 Å². The quantitative estimate of drug-likeness (QED) is 0.264. The van der Waals surface area contributed by atoms with Crippen molar-refractivity contribution in [3.63, 3.8) is 0 Å². The average Bonchev–Trinajstić information content (AvgIpc) is 3.05. The Hall–Kier alpha value is -0.906. The minimum atomic E-state index is 0. The summed E-state index contributed by atoms with van der Waals surface area (Å²) >= 11 is 0. The molecule has 0 saturated heterocycles. The molecule has 0 saturated carbocycles. The minimum absolute atomic E-state index is 0. The largest absolute Gasteiger partial charge is 3.00 e. The maximum Gasteiger partial charge on any atom is 3.00 e. The molecule has 2 aromatic rings. The van der Waals surface area contributed by atoms with Gasteiger partial charge in [-0.25, -0.2) is 4.89 Å². The molecule has 0 atom stereocenters. The molecule has 2 aromatic carbocycles. The van der Waals surface area contributed by atoms with Crippen LogP contribution in [0.15, 0.2) is 72.3 Å². The van der Waals surface area contributed by atoms with Crippen LogP contribution in [-0.2, 0) is 33.2 Å². The van der Waals surface area contributed by atoms with Gasteiger partial charge in [0.25, 0.3) is 0 Å². The molecule has 1 aliphatic rings. The number of halogens is 2. The monoisotopic (exact) mass is 440 g/mol. The van der Waals surface area contributed by atoms with Crippen LogP contribution in [0, 0.1) is 6.07 Å². The third-order valence-corrected chi connectivity index (χ3v) is 3.62. The van der Waals surface area contributed by atoms with Gasteiger partial charge in [0.15, 0.2) is 0 Å². The maximum atomic E-state index is 8.02. The van der Waals surface area contributed by atoms with Crippen LogP contribution in [0.1, 0.15) is 17.5 Å². The summed E-state index contributed by atoms with van der Waals surface area (Å²) in [7, 11) is 4.21. The van der Waals surface area contributed by atoms with Crippen molar-refractivity contribution in [1.29, 1.82) is 0 Å². The fourth-order valence-electron chi connectivity index (χ4n) is 2.55. The first-order valence-electron chi connectivity index (χ1n) is 8.01. The zero-order valence-electron chi connectivity index (χ0n) is 15.5. The summed E-state index contributed by atoms with van der Waals surface area (Å²) in [5, 5.41) is 8.02. The summed E-state index contributed by atoms with van der Waals surface area (Å²) in [6, 6.07) is 21.0. The van der Waals surface area contributed by atoms with Crippen molar-refractivity contribution in [1.82, 2.24) is 4.90 Å². The molecule has 0 spiro atoms. The summed E-state index contributed by atoms with van der Waals surface area (Å²) in [5.74, 6) is 0. The van der Waals surface area contributed by atoms with Crippen LogP contribution in [0.4, 0.5) is 0 Å². The third-order valence-electron chi connectivity index (χ3n) is 3.62. The van der Waals surface area contributed by atoms with E-state index in [1.165, 1.54) is 16.7 Å². The molecule has 0 aromatic heterocycles. The summed E-state index contributed by atoms with van der Waals surface area (Å²) in [6.07, 6.45) is 5.51. The van der Waals surface area contributed by atoms with Gasteiger partial charge in [0.2, 0.25) is 0 Å². The Labute approximate surface area is 189 Å². The van der Waals surface area contributed by atoms with Gasteiger partial charge < -0.3 is 29.7 Å². The summed E-state index contributed by atoms with van der Waals surface area (Å²) in [6.45, 7) is 1.27. The van der Waals surface area contributed by atoms with E-state index in [1.54, 1.807) is 0 Å². The molecule has 1 N–H and O–H groups in total. The van der Waals surface area contributed by atoms with Gasteiger partial charge in [0.1, 0.15) is 6.61 Å². The van der Waals surface area contributed by atoms with Crippen LogP contribution in [0.5, 0.6) is 0 Å². The van der Waals surface area contributed by atoms with Crippen molar-refractivity contribution < 1.29 is 56.7 Å². The molecule has 143 valence electrons. The van der Waals surface area contributed by atoms with E-state index in [0.717, 1.165) is 18.5 Å². The molecule has 1 radical (unpaired) electrons. The summed E-state index contributed by atoms with van der Waals surface area (Å²) in [4.78, 5) is 6.13. The second-order valence-electron chi connectivity index (χ2n) is 5.88. The molecule has 3 rings (SSSR count). The van der Waals surface area contributed by atoms with Crippen LogP contribution in [0.3, 0.4) is 0 Å². The molecule has 3 nitrogen and oxygen atoms in total. The number of hydrogen-bond donors (Lipinski definition) is 1. The van der Waals surface area contributed by atoms with Crippen molar-refractivity contribution in [3.8, 4) is 0 Å². The van der Waals surface area contributed by atoms with E-state index in [-0.39, 0.29) is 53.1 Å². The Morgan fingerprint density at radius 3 is 2.26 bits per heavy atom. The van der Waals surface area contributed by atoms with Gasteiger partial charge in [-0.15, -0.1) is 41.5 Å². The Balaban J connectivity index is 0. The zero-order chi connectivity index (χ0) is 17.2. The topological polar surface area (TPSA) is 32.7 Å². The second kappa shape index (κ2) is 16.1. The number of rotatable bonds is 5. The van der Waals surface area contributed by atoms with Crippen molar-refractivity contribution in [2.24, 2.45) is 0 Å². The average molecular weight is 441 g/mol. The molecular formula is C21H24Cl2NO2Ti. The second-order valence-corrected chi connectivity index (χ2v) is 5.88. The number of likely N-dealkylation sites (N-methyl/N-ethyl adjacent to an activating group) is 1. The smallest absolute Gasteiger partial charge is 1.00 e. The normalized spacial score (nSPS) is 11.7. The van der Waals surface area contributed by atoms with E-state index in [1.807, 2.05) is 42.5 Å². The van der Waals surface area contributed by atoms with Crippen molar-refractivity contribution in [2.75, 3.05) is 20.6 Å². The molecule has 27 heavy (non-hydrogen) atoms. The first-order chi connectivity index (χ1) is 11.7. The van der Waals surface area contributed by atoms with Crippen LogP contribution >= 0.6 is 0 Å². The van der Waals surface area contributed by atoms with Crippen LogP contribution in [0.25, 0.3) is 5.57 Å². The molecule has 0 amide bonds. The van der Waals surface area contributed by atoms with Crippen molar-refractivity contribution in [2.45, 2.75) is 13.0 Å². The van der Waals surface area contributed by atoms with E-state index in [9.17, 15) is 0 Å². The fraction of sp³-hybridized carbons (Fsp3) is 0.238. The van der Waals surface area contributed by atoms with Gasteiger partial charge in [-0.3, -0.25) is 5.26 Å². The maximum absolute atomic E-state index is 8.02. The predicted octanol–water partition coefficient (Wildman–Crippen LogP) is -1.56. The van der Waals surface area contributed by atoms with Gasteiger partial charge in [-0.2, -0.15) is 0 Å². The first-order valence-corrected chi connectivity index (χ1v) is 8.01. The van der Waals surface area contributed by atoms with Crippen LogP contribution in [-0.4, -0.2) is 30.8 Å². The van der Waals surface area contributed by atoms with Gasteiger partial charge in [0.05, 0.1) is 0 Å². The molecule has 0 bridgehead atoms. The molecule has 0 heterocycles. The molecule has 6 heteroatoms. The summed E-state index contributed by atoms with van der Waals surface area (Å²) in [5.41, 5.74) is 5.05. The zero-order valence-corrected chi connectivity index (χ0v) is 18.6. The molecule has 1 aliphatic carbocycles. The Morgan fingerprint density at radius 1 is 1.04 bits per heavy atom. The molecule has 0 aliphatic heterocycles. The number of benzene rings is 2. The van der Waals surface area contributed by atoms with E-state index in [0.29, 0.717) is 0 Å². The molecule has 0 fully saturated rings. The van der Waals surface area contributed by atoms with Crippen LogP contribution < -0.4 is 24.8 Å². The summed E-state index contributed by atoms with van der Waals surface area (Å²) < 4.78 is 0. The van der Waals surface area contributed by atoms with E-state index in [2.05, 4.69) is 54.2 Å². The SMILES string of the molecule is CN(C)CC1=C(c2[c-]cccc2)CC=C1.OOCc1ccccc1.[Cl-].[Cl-].[Ti+3]. The van der Waals surface area contributed by atoms with E-state index in [4.69, 9.17) is 5.26 Å². The van der Waals surface area contributed by atoms with Gasteiger partial charge in [-0.05, 0) is 26.1 Å². The fourth-order valence-corrected chi connectivity index (χ4v) is 2.55. The van der Waals surface area contributed by atoms with Gasteiger partial charge in [0, 0.05) is 6.54 Å². The molecule has 0 unspecified atom stereocenters. The number of hydrogen-bond acceptors (Lipinski definition) is 3. The predicted molar refractivity (Wildman–Crippen MR) is 98.4 cm³/mol. The standard InChI is InChI=1S/C14H16N.C7H8O2.2ClH.Ti/c1-15(2)11-13-9-6-10-14(13)12-7-4-3-5-8-12;8-9-6-7-4-2-1-3-5-7;;;/h3-7,9H,10-11H2,1-2H3;1-5,8H,6H2;2*1H;/q-1;;;;+3/p-2. The number of allylic oxidation sites excluding steroid dienone is 2.